The van der Waals surface area contributed by atoms with Crippen molar-refractivity contribution in [2.24, 2.45) is 0 Å². The van der Waals surface area contributed by atoms with E-state index < -0.39 is 0 Å². The summed E-state index contributed by atoms with van der Waals surface area (Å²) < 4.78 is 0. The Bertz CT molecular complexity index is 633. The van der Waals surface area contributed by atoms with Gasteiger partial charge in [0.2, 0.25) is 0 Å². The van der Waals surface area contributed by atoms with Crippen molar-refractivity contribution in [2.45, 2.75) is 33.2 Å². The van der Waals surface area contributed by atoms with E-state index in [0.29, 0.717) is 0 Å². The number of carbonyl (C=O) groups excluding carboxylic acids is 1. The maximum absolute atomic E-state index is 11.8. The summed E-state index contributed by atoms with van der Waals surface area (Å²) >= 11 is 1.84. The Morgan fingerprint density at radius 3 is 2.67 bits per heavy atom. The minimum Gasteiger partial charge on any atom is -0.377 e. The number of hydrogen-bond donors (Lipinski definition) is 2. The van der Waals surface area contributed by atoms with Crippen LogP contribution in [0.15, 0.2) is 30.3 Å². The predicted molar refractivity (Wildman–Crippen MR) is 90.3 cm³/mol. The number of nitrogens with one attached hydrogen (secondary N) is 2. The highest BCUT2D eigenvalue weighted by molar-refractivity contribution is 7.12. The molecule has 0 bridgehead atoms. The van der Waals surface area contributed by atoms with Crippen molar-refractivity contribution in [3.8, 4) is 0 Å². The highest BCUT2D eigenvalue weighted by Gasteiger charge is 2.13. The van der Waals surface area contributed by atoms with Gasteiger partial charge in [0.15, 0.2) is 0 Å². The first-order valence-electron chi connectivity index (χ1n) is 7.23. The van der Waals surface area contributed by atoms with Crippen LogP contribution in [0.3, 0.4) is 0 Å². The van der Waals surface area contributed by atoms with Gasteiger partial charge >= 0.3 is 0 Å². The monoisotopic (exact) mass is 302 g/mol. The molecule has 4 heteroatoms. The quantitative estimate of drug-likeness (QED) is 0.871. The van der Waals surface area contributed by atoms with E-state index in [9.17, 15) is 4.79 Å². The van der Waals surface area contributed by atoms with Gasteiger partial charge in [-0.3, -0.25) is 4.79 Å². The Kier molecular flexibility index (Phi) is 5.02. The number of benzene rings is 1. The third-order valence-electron chi connectivity index (χ3n) is 3.64. The van der Waals surface area contributed by atoms with Gasteiger partial charge in [-0.15, -0.1) is 11.3 Å². The van der Waals surface area contributed by atoms with Gasteiger partial charge in [0, 0.05) is 28.1 Å². The van der Waals surface area contributed by atoms with Crippen LogP contribution in [0.4, 0.5) is 5.69 Å². The largest absolute Gasteiger partial charge is 0.377 e. The van der Waals surface area contributed by atoms with E-state index in [-0.39, 0.29) is 11.9 Å². The number of hydrogen-bond acceptors (Lipinski definition) is 3. The molecule has 2 aromatic rings. The van der Waals surface area contributed by atoms with Crippen molar-refractivity contribution in [3.63, 3.8) is 0 Å². The lowest BCUT2D eigenvalue weighted by molar-refractivity contribution is 0.0962. The van der Waals surface area contributed by atoms with Gasteiger partial charge in [-0.25, -0.2) is 0 Å². The molecule has 1 heterocycles. The molecule has 2 rings (SSSR count). The summed E-state index contributed by atoms with van der Waals surface area (Å²) in [6, 6.07) is 10.4. The van der Waals surface area contributed by atoms with Gasteiger partial charge in [0.05, 0.1) is 6.04 Å². The first kappa shape index (κ1) is 15.6. The average Bonchev–Trinajstić information content (AvgIpc) is 2.97. The Morgan fingerprint density at radius 2 is 2.05 bits per heavy atom. The van der Waals surface area contributed by atoms with Crippen molar-refractivity contribution in [3.05, 3.63) is 51.2 Å². The molecule has 1 aromatic heterocycles. The first-order valence-corrected chi connectivity index (χ1v) is 8.05. The van der Waals surface area contributed by atoms with Gasteiger partial charge in [0.25, 0.3) is 5.91 Å². The van der Waals surface area contributed by atoms with E-state index in [1.807, 2.05) is 36.5 Å². The second kappa shape index (κ2) is 6.76. The topological polar surface area (TPSA) is 41.1 Å². The molecule has 0 spiro atoms. The smallest absolute Gasteiger partial charge is 0.251 e. The van der Waals surface area contributed by atoms with Gasteiger partial charge < -0.3 is 10.6 Å². The molecule has 0 radical (unpaired) electrons. The summed E-state index contributed by atoms with van der Waals surface area (Å²) in [6.45, 7) is 6.30. The standard InChI is InChI=1S/C17H22N2OS/c1-5-13-9-10-16(21-13)12(3)19-15-8-6-7-14(11(15)2)17(20)18-4/h6-10,12,19H,5H2,1-4H3,(H,18,20). The lowest BCUT2D eigenvalue weighted by Crippen LogP contribution is -2.19. The van der Waals surface area contributed by atoms with Crippen LogP contribution in [0, 0.1) is 6.92 Å². The molecule has 1 aromatic carbocycles. The number of carbonyl (C=O) groups is 1. The molecule has 1 unspecified atom stereocenters. The number of aryl methyl sites for hydroxylation is 1. The van der Waals surface area contributed by atoms with E-state index in [4.69, 9.17) is 0 Å². The lowest BCUT2D eigenvalue weighted by atomic mass is 10.1. The van der Waals surface area contributed by atoms with Gasteiger partial charge in [0.1, 0.15) is 0 Å². The Hall–Kier alpha value is -1.81. The van der Waals surface area contributed by atoms with E-state index in [1.54, 1.807) is 7.05 Å². The van der Waals surface area contributed by atoms with Crippen LogP contribution in [-0.4, -0.2) is 13.0 Å². The van der Waals surface area contributed by atoms with Crippen molar-refractivity contribution >= 4 is 22.9 Å². The number of anilines is 1. The Balaban J connectivity index is 2.21. The van der Waals surface area contributed by atoms with Gasteiger partial charge in [-0.1, -0.05) is 13.0 Å². The minimum absolute atomic E-state index is 0.0480. The van der Waals surface area contributed by atoms with Crippen LogP contribution in [0.2, 0.25) is 0 Å². The highest BCUT2D eigenvalue weighted by Crippen LogP contribution is 2.28. The number of thiophene rings is 1. The van der Waals surface area contributed by atoms with Crippen LogP contribution in [0.1, 0.15) is 45.6 Å². The molecule has 0 saturated carbocycles. The van der Waals surface area contributed by atoms with E-state index in [2.05, 4.69) is 36.6 Å². The van der Waals surface area contributed by atoms with Gasteiger partial charge in [-0.2, -0.15) is 0 Å². The molecule has 3 nitrogen and oxygen atoms in total. The highest BCUT2D eigenvalue weighted by atomic mass is 32.1. The summed E-state index contributed by atoms with van der Waals surface area (Å²) in [6.07, 6.45) is 1.07. The van der Waals surface area contributed by atoms with E-state index in [1.165, 1.54) is 9.75 Å². The SMILES string of the molecule is CCc1ccc(C(C)Nc2cccc(C(=O)NC)c2C)s1. The minimum atomic E-state index is -0.0480. The summed E-state index contributed by atoms with van der Waals surface area (Å²) in [5.41, 5.74) is 2.71. The first-order chi connectivity index (χ1) is 10.1. The molecular formula is C17H22N2OS. The zero-order chi connectivity index (χ0) is 15.4. The summed E-state index contributed by atoms with van der Waals surface area (Å²) in [7, 11) is 1.66. The Morgan fingerprint density at radius 1 is 1.29 bits per heavy atom. The molecule has 0 aliphatic rings. The van der Waals surface area contributed by atoms with Crippen molar-refractivity contribution in [2.75, 3.05) is 12.4 Å². The maximum atomic E-state index is 11.8. The molecule has 0 saturated heterocycles. The number of rotatable bonds is 5. The normalized spacial score (nSPS) is 12.0. The third-order valence-corrected chi connectivity index (χ3v) is 5.05. The van der Waals surface area contributed by atoms with Crippen LogP contribution in [0.25, 0.3) is 0 Å². The zero-order valence-corrected chi connectivity index (χ0v) is 13.8. The second-order valence-electron chi connectivity index (χ2n) is 5.08. The molecular weight excluding hydrogens is 280 g/mol. The molecule has 2 N–H and O–H groups in total. The van der Waals surface area contributed by atoms with Crippen LogP contribution in [0.5, 0.6) is 0 Å². The molecule has 1 atom stereocenters. The summed E-state index contributed by atoms with van der Waals surface area (Å²) in [5.74, 6) is -0.0480. The molecule has 1 amide bonds. The molecule has 21 heavy (non-hydrogen) atoms. The molecule has 0 aliphatic carbocycles. The summed E-state index contributed by atoms with van der Waals surface area (Å²) in [4.78, 5) is 14.6. The van der Waals surface area contributed by atoms with Crippen LogP contribution < -0.4 is 10.6 Å². The predicted octanol–water partition coefficient (Wildman–Crippen LogP) is 4.15. The van der Waals surface area contributed by atoms with Crippen molar-refractivity contribution < 1.29 is 4.79 Å². The summed E-state index contributed by atoms with van der Waals surface area (Å²) in [5, 5.41) is 6.19. The van der Waals surface area contributed by atoms with Crippen molar-refractivity contribution in [1.82, 2.24) is 5.32 Å². The van der Waals surface area contributed by atoms with E-state index in [0.717, 1.165) is 23.2 Å². The molecule has 112 valence electrons. The molecule has 0 aliphatic heterocycles. The maximum Gasteiger partial charge on any atom is 0.251 e. The fourth-order valence-electron chi connectivity index (χ4n) is 2.29. The number of amides is 1. The van der Waals surface area contributed by atoms with Crippen molar-refractivity contribution in [1.29, 1.82) is 0 Å². The third kappa shape index (κ3) is 3.45. The fourth-order valence-corrected chi connectivity index (χ4v) is 3.25. The average molecular weight is 302 g/mol. The lowest BCUT2D eigenvalue weighted by Gasteiger charge is -2.17. The Labute approximate surface area is 130 Å². The molecule has 0 fully saturated rings. The zero-order valence-electron chi connectivity index (χ0n) is 13.0. The fraction of sp³-hybridized carbons (Fsp3) is 0.353. The van der Waals surface area contributed by atoms with Gasteiger partial charge in [-0.05, 0) is 50.1 Å². The second-order valence-corrected chi connectivity index (χ2v) is 6.28. The van der Waals surface area contributed by atoms with Crippen LogP contribution in [-0.2, 0) is 6.42 Å². The van der Waals surface area contributed by atoms with Crippen LogP contribution >= 0.6 is 11.3 Å². The van der Waals surface area contributed by atoms with E-state index >= 15 is 0 Å².